The van der Waals surface area contributed by atoms with Gasteiger partial charge in [0.05, 0.1) is 13.7 Å². The maximum atomic E-state index is 12.0. The van der Waals surface area contributed by atoms with Crippen LogP contribution in [0.4, 0.5) is 4.79 Å². The summed E-state index contributed by atoms with van der Waals surface area (Å²) < 4.78 is 15.5. The van der Waals surface area contributed by atoms with Gasteiger partial charge in [-0.05, 0) is 35.7 Å². The highest BCUT2D eigenvalue weighted by molar-refractivity contribution is 5.93. The number of benzene rings is 2. The molecule has 6 nitrogen and oxygen atoms in total. The van der Waals surface area contributed by atoms with Gasteiger partial charge in [0, 0.05) is 6.54 Å². The number of carbonyl (C=O) groups excluding carboxylic acids is 2. The molecule has 2 rings (SSSR count). The lowest BCUT2D eigenvalue weighted by atomic mass is 10.2. The molecule has 0 saturated carbocycles. The van der Waals surface area contributed by atoms with Crippen LogP contribution in [0.3, 0.4) is 0 Å². The summed E-state index contributed by atoms with van der Waals surface area (Å²) in [6.45, 7) is 5.12. The van der Waals surface area contributed by atoms with Crippen LogP contribution >= 0.6 is 0 Å². The molecule has 0 aliphatic heterocycles. The van der Waals surface area contributed by atoms with Gasteiger partial charge < -0.3 is 19.5 Å². The fourth-order valence-corrected chi connectivity index (χ4v) is 2.11. The molecule has 2 aromatic rings. The first-order valence-electron chi connectivity index (χ1n) is 8.34. The van der Waals surface area contributed by atoms with E-state index < -0.39 is 12.1 Å². The van der Waals surface area contributed by atoms with Gasteiger partial charge in [-0.3, -0.25) is 0 Å². The number of hydrogen-bond acceptors (Lipinski definition) is 5. The molecular weight excluding hydrogens is 334 g/mol. The topological polar surface area (TPSA) is 73.9 Å². The molecule has 0 heterocycles. The van der Waals surface area contributed by atoms with E-state index in [0.717, 1.165) is 11.3 Å². The molecule has 0 saturated heterocycles. The summed E-state index contributed by atoms with van der Waals surface area (Å²) in [5.41, 5.74) is 1.09. The SMILES string of the molecule is COC(=O)c1ccccc1OC(=O)NCc1ccc(OCC(C)C)cc1. The molecule has 1 N–H and O–H groups in total. The molecule has 2 aromatic carbocycles. The average molecular weight is 357 g/mol. The molecule has 138 valence electrons. The lowest BCUT2D eigenvalue weighted by Gasteiger charge is -2.11. The summed E-state index contributed by atoms with van der Waals surface area (Å²) in [6.07, 6.45) is -0.651. The molecule has 0 radical (unpaired) electrons. The minimum Gasteiger partial charge on any atom is -0.493 e. The zero-order valence-electron chi connectivity index (χ0n) is 15.2. The number of nitrogens with one attached hydrogen (secondary N) is 1. The molecule has 0 aliphatic carbocycles. The van der Waals surface area contributed by atoms with Crippen molar-refractivity contribution >= 4 is 12.1 Å². The van der Waals surface area contributed by atoms with E-state index in [9.17, 15) is 9.59 Å². The quantitative estimate of drug-likeness (QED) is 0.763. The summed E-state index contributed by atoms with van der Waals surface area (Å²) in [6, 6.07) is 13.9. The zero-order valence-corrected chi connectivity index (χ0v) is 15.2. The number of carbonyl (C=O) groups is 2. The van der Waals surface area contributed by atoms with E-state index in [1.165, 1.54) is 19.2 Å². The van der Waals surface area contributed by atoms with Gasteiger partial charge in [-0.2, -0.15) is 0 Å². The predicted molar refractivity (Wildman–Crippen MR) is 97.4 cm³/mol. The maximum Gasteiger partial charge on any atom is 0.412 e. The number of hydrogen-bond donors (Lipinski definition) is 1. The molecule has 0 aliphatic rings. The van der Waals surface area contributed by atoms with Crippen molar-refractivity contribution in [3.8, 4) is 11.5 Å². The van der Waals surface area contributed by atoms with Crippen LogP contribution in [0.5, 0.6) is 11.5 Å². The van der Waals surface area contributed by atoms with Gasteiger partial charge in [0.15, 0.2) is 0 Å². The Balaban J connectivity index is 1.88. The van der Waals surface area contributed by atoms with Crippen molar-refractivity contribution in [1.29, 1.82) is 0 Å². The van der Waals surface area contributed by atoms with Crippen LogP contribution in [-0.2, 0) is 11.3 Å². The summed E-state index contributed by atoms with van der Waals surface area (Å²) in [5, 5.41) is 2.65. The summed E-state index contributed by atoms with van der Waals surface area (Å²) in [4.78, 5) is 23.7. The van der Waals surface area contributed by atoms with Gasteiger partial charge >= 0.3 is 12.1 Å². The first-order chi connectivity index (χ1) is 12.5. The third-order valence-corrected chi connectivity index (χ3v) is 3.44. The summed E-state index contributed by atoms with van der Waals surface area (Å²) in [7, 11) is 1.27. The van der Waals surface area contributed by atoms with Gasteiger partial charge in [-0.1, -0.05) is 38.1 Å². The lowest BCUT2D eigenvalue weighted by molar-refractivity contribution is 0.0598. The molecule has 0 unspecified atom stereocenters. The number of amides is 1. The Kier molecular flexibility index (Phi) is 7.02. The Morgan fingerprint density at radius 2 is 1.73 bits per heavy atom. The molecule has 0 fully saturated rings. The summed E-state index contributed by atoms with van der Waals surface area (Å²) >= 11 is 0. The Morgan fingerprint density at radius 3 is 2.38 bits per heavy atom. The van der Waals surface area contributed by atoms with Crippen molar-refractivity contribution in [3.63, 3.8) is 0 Å². The second-order valence-corrected chi connectivity index (χ2v) is 6.08. The molecule has 0 spiro atoms. The molecular formula is C20H23NO5. The van der Waals surface area contributed by atoms with Gasteiger partial charge in [0.25, 0.3) is 0 Å². The first-order valence-corrected chi connectivity index (χ1v) is 8.34. The monoisotopic (exact) mass is 357 g/mol. The maximum absolute atomic E-state index is 12.0. The minimum absolute atomic E-state index is 0.147. The van der Waals surface area contributed by atoms with E-state index in [4.69, 9.17) is 9.47 Å². The fourth-order valence-electron chi connectivity index (χ4n) is 2.11. The zero-order chi connectivity index (χ0) is 18.9. The average Bonchev–Trinajstić information content (AvgIpc) is 2.65. The highest BCUT2D eigenvalue weighted by atomic mass is 16.6. The molecule has 0 aromatic heterocycles. The molecule has 26 heavy (non-hydrogen) atoms. The largest absolute Gasteiger partial charge is 0.493 e. The molecule has 6 heteroatoms. The standard InChI is InChI=1S/C20H23NO5/c1-14(2)13-25-16-10-8-15(9-11-16)12-21-20(23)26-18-7-5-4-6-17(18)19(22)24-3/h4-11,14H,12-13H2,1-3H3,(H,21,23). The minimum atomic E-state index is -0.651. The number of rotatable bonds is 7. The number of esters is 1. The normalized spacial score (nSPS) is 10.3. The van der Waals surface area contributed by atoms with Crippen molar-refractivity contribution in [2.75, 3.05) is 13.7 Å². The Hall–Kier alpha value is -3.02. The van der Waals surface area contributed by atoms with Crippen molar-refractivity contribution in [2.45, 2.75) is 20.4 Å². The Labute approximate surface area is 153 Å². The van der Waals surface area contributed by atoms with E-state index in [2.05, 4.69) is 23.9 Å². The van der Waals surface area contributed by atoms with Crippen LogP contribution in [0.15, 0.2) is 48.5 Å². The van der Waals surface area contributed by atoms with Crippen molar-refractivity contribution in [2.24, 2.45) is 5.92 Å². The van der Waals surface area contributed by atoms with E-state index in [-0.39, 0.29) is 11.3 Å². The first kappa shape index (κ1) is 19.3. The Morgan fingerprint density at radius 1 is 1.04 bits per heavy atom. The van der Waals surface area contributed by atoms with Crippen molar-refractivity contribution < 1.29 is 23.8 Å². The second kappa shape index (κ2) is 9.46. The van der Waals surface area contributed by atoms with Gasteiger partial charge in [0.2, 0.25) is 0 Å². The van der Waals surface area contributed by atoms with Crippen LogP contribution in [0, 0.1) is 5.92 Å². The smallest absolute Gasteiger partial charge is 0.412 e. The van der Waals surface area contributed by atoms with Crippen molar-refractivity contribution in [3.05, 3.63) is 59.7 Å². The predicted octanol–water partition coefficient (Wildman–Crippen LogP) is 3.80. The summed E-state index contributed by atoms with van der Waals surface area (Å²) in [5.74, 6) is 0.829. The third kappa shape index (κ3) is 5.81. The molecule has 1 amide bonds. The van der Waals surface area contributed by atoms with E-state index in [0.29, 0.717) is 19.1 Å². The fraction of sp³-hybridized carbons (Fsp3) is 0.300. The van der Waals surface area contributed by atoms with E-state index in [1.807, 2.05) is 24.3 Å². The number of ether oxygens (including phenoxy) is 3. The lowest BCUT2D eigenvalue weighted by Crippen LogP contribution is -2.27. The highest BCUT2D eigenvalue weighted by Crippen LogP contribution is 2.19. The number of methoxy groups -OCH3 is 1. The van der Waals surface area contributed by atoms with Crippen LogP contribution in [0.1, 0.15) is 29.8 Å². The third-order valence-electron chi connectivity index (χ3n) is 3.44. The molecule has 0 atom stereocenters. The van der Waals surface area contributed by atoms with Gasteiger partial charge in [-0.25, -0.2) is 9.59 Å². The highest BCUT2D eigenvalue weighted by Gasteiger charge is 2.15. The van der Waals surface area contributed by atoms with Gasteiger partial charge in [-0.15, -0.1) is 0 Å². The van der Waals surface area contributed by atoms with Crippen LogP contribution < -0.4 is 14.8 Å². The number of para-hydroxylation sites is 1. The van der Waals surface area contributed by atoms with E-state index in [1.54, 1.807) is 12.1 Å². The molecule has 0 bridgehead atoms. The van der Waals surface area contributed by atoms with Crippen LogP contribution in [-0.4, -0.2) is 25.8 Å². The Bertz CT molecular complexity index is 740. The van der Waals surface area contributed by atoms with Gasteiger partial charge in [0.1, 0.15) is 17.1 Å². The van der Waals surface area contributed by atoms with Crippen LogP contribution in [0.2, 0.25) is 0 Å². The van der Waals surface area contributed by atoms with E-state index >= 15 is 0 Å². The van der Waals surface area contributed by atoms with Crippen LogP contribution in [0.25, 0.3) is 0 Å². The second-order valence-electron chi connectivity index (χ2n) is 6.08. The van der Waals surface area contributed by atoms with Crippen molar-refractivity contribution in [1.82, 2.24) is 5.32 Å².